The minimum Gasteiger partial charge on any atom is -0.314 e. The molecule has 2 rings (SSSR count). The summed E-state index contributed by atoms with van der Waals surface area (Å²) in [4.78, 5) is 0. The Labute approximate surface area is 93.9 Å². The molecule has 1 aromatic heterocycles. The molecule has 16 heavy (non-hydrogen) atoms. The lowest BCUT2D eigenvalue weighted by Gasteiger charge is -2.01. The summed E-state index contributed by atoms with van der Waals surface area (Å²) in [7, 11) is 1.89. The highest BCUT2D eigenvalue weighted by Crippen LogP contribution is 2.05. The van der Waals surface area contributed by atoms with Crippen LogP contribution >= 0.6 is 0 Å². The molecule has 2 aromatic rings. The first-order valence-corrected chi connectivity index (χ1v) is 5.19. The summed E-state index contributed by atoms with van der Waals surface area (Å²) in [6.07, 6.45) is 1.93. The number of aromatic nitrogens is 2. The summed E-state index contributed by atoms with van der Waals surface area (Å²) < 4.78 is 14.5. The van der Waals surface area contributed by atoms with Gasteiger partial charge >= 0.3 is 0 Å². The standard InChI is InChI=1S/C12H14FN3/c1-14-8-12-6-7-16(15-12)9-10-2-4-11(13)5-3-10/h2-7,14H,8-9H2,1H3. The highest BCUT2D eigenvalue weighted by molar-refractivity contribution is 5.16. The van der Waals surface area contributed by atoms with Crippen molar-refractivity contribution in [3.05, 3.63) is 53.6 Å². The van der Waals surface area contributed by atoms with Crippen LogP contribution in [-0.2, 0) is 13.1 Å². The maximum Gasteiger partial charge on any atom is 0.123 e. The molecule has 0 bridgehead atoms. The first-order valence-electron chi connectivity index (χ1n) is 5.19. The van der Waals surface area contributed by atoms with Gasteiger partial charge in [-0.1, -0.05) is 12.1 Å². The van der Waals surface area contributed by atoms with Crippen molar-refractivity contribution in [3.8, 4) is 0 Å². The molecule has 0 amide bonds. The first-order chi connectivity index (χ1) is 7.78. The van der Waals surface area contributed by atoms with Crippen molar-refractivity contribution in [1.29, 1.82) is 0 Å². The highest BCUT2D eigenvalue weighted by atomic mass is 19.1. The number of nitrogens with zero attached hydrogens (tertiary/aromatic N) is 2. The topological polar surface area (TPSA) is 29.9 Å². The SMILES string of the molecule is CNCc1ccn(Cc2ccc(F)cc2)n1. The van der Waals surface area contributed by atoms with E-state index in [1.807, 2.05) is 24.0 Å². The number of nitrogens with one attached hydrogen (secondary N) is 1. The summed E-state index contributed by atoms with van der Waals surface area (Å²) in [6.45, 7) is 1.43. The Morgan fingerprint density at radius 2 is 2.00 bits per heavy atom. The molecule has 0 saturated carbocycles. The lowest BCUT2D eigenvalue weighted by atomic mass is 10.2. The van der Waals surface area contributed by atoms with E-state index in [4.69, 9.17) is 0 Å². The molecule has 0 saturated heterocycles. The van der Waals surface area contributed by atoms with E-state index in [1.165, 1.54) is 12.1 Å². The highest BCUT2D eigenvalue weighted by Gasteiger charge is 1.99. The molecule has 3 nitrogen and oxygen atoms in total. The summed E-state index contributed by atoms with van der Waals surface area (Å²) >= 11 is 0. The van der Waals surface area contributed by atoms with Gasteiger partial charge in [0, 0.05) is 12.7 Å². The summed E-state index contributed by atoms with van der Waals surface area (Å²) in [5.74, 6) is -0.208. The Morgan fingerprint density at radius 3 is 2.69 bits per heavy atom. The van der Waals surface area contributed by atoms with Crippen LogP contribution < -0.4 is 5.32 Å². The van der Waals surface area contributed by atoms with Gasteiger partial charge in [0.05, 0.1) is 12.2 Å². The van der Waals surface area contributed by atoms with Gasteiger partial charge in [-0.3, -0.25) is 4.68 Å². The lowest BCUT2D eigenvalue weighted by molar-refractivity contribution is 0.623. The van der Waals surface area contributed by atoms with Crippen molar-refractivity contribution in [3.63, 3.8) is 0 Å². The number of halogens is 1. The smallest absolute Gasteiger partial charge is 0.123 e. The Bertz CT molecular complexity index is 448. The van der Waals surface area contributed by atoms with Crippen LogP contribution in [0.3, 0.4) is 0 Å². The average Bonchev–Trinajstić information content (AvgIpc) is 2.70. The zero-order valence-electron chi connectivity index (χ0n) is 9.15. The van der Waals surface area contributed by atoms with Crippen LogP contribution in [0.1, 0.15) is 11.3 Å². The summed E-state index contributed by atoms with van der Waals surface area (Å²) in [5.41, 5.74) is 2.05. The fourth-order valence-corrected chi connectivity index (χ4v) is 1.54. The van der Waals surface area contributed by atoms with E-state index in [0.717, 1.165) is 17.8 Å². The van der Waals surface area contributed by atoms with Crippen LogP contribution in [0.2, 0.25) is 0 Å². The van der Waals surface area contributed by atoms with Gasteiger partial charge in [-0.05, 0) is 30.8 Å². The Hall–Kier alpha value is -1.68. The lowest BCUT2D eigenvalue weighted by Crippen LogP contribution is -2.07. The van der Waals surface area contributed by atoms with E-state index in [2.05, 4.69) is 10.4 Å². The number of hydrogen-bond donors (Lipinski definition) is 1. The molecule has 0 aliphatic heterocycles. The minimum atomic E-state index is -0.208. The normalized spacial score (nSPS) is 10.6. The first kappa shape index (κ1) is 10.8. The summed E-state index contributed by atoms with van der Waals surface area (Å²) in [6, 6.07) is 8.45. The molecule has 0 aliphatic carbocycles. The third-order valence-electron chi connectivity index (χ3n) is 2.31. The zero-order valence-corrected chi connectivity index (χ0v) is 9.15. The van der Waals surface area contributed by atoms with E-state index < -0.39 is 0 Å². The van der Waals surface area contributed by atoms with Gasteiger partial charge in [0.25, 0.3) is 0 Å². The number of rotatable bonds is 4. The van der Waals surface area contributed by atoms with Crippen molar-refractivity contribution >= 4 is 0 Å². The molecule has 1 heterocycles. The van der Waals surface area contributed by atoms with Crippen molar-refractivity contribution in [2.45, 2.75) is 13.1 Å². The van der Waals surface area contributed by atoms with Crippen molar-refractivity contribution in [1.82, 2.24) is 15.1 Å². The second kappa shape index (κ2) is 4.90. The number of benzene rings is 1. The minimum absolute atomic E-state index is 0.208. The van der Waals surface area contributed by atoms with E-state index >= 15 is 0 Å². The molecule has 84 valence electrons. The van der Waals surface area contributed by atoms with Gasteiger partial charge < -0.3 is 5.32 Å². The second-order valence-electron chi connectivity index (χ2n) is 3.66. The van der Waals surface area contributed by atoms with Gasteiger partial charge in [0.15, 0.2) is 0 Å². The Morgan fingerprint density at radius 1 is 1.25 bits per heavy atom. The summed E-state index contributed by atoms with van der Waals surface area (Å²) in [5, 5.41) is 7.42. The van der Waals surface area contributed by atoms with Crippen molar-refractivity contribution in [2.24, 2.45) is 0 Å². The van der Waals surface area contributed by atoms with Gasteiger partial charge in [-0.2, -0.15) is 5.10 Å². The van der Waals surface area contributed by atoms with E-state index in [0.29, 0.717) is 6.54 Å². The van der Waals surface area contributed by atoms with E-state index in [1.54, 1.807) is 12.1 Å². The molecule has 1 aromatic carbocycles. The molecule has 0 aliphatic rings. The maximum atomic E-state index is 12.7. The molecule has 0 radical (unpaired) electrons. The fourth-order valence-electron chi connectivity index (χ4n) is 1.54. The van der Waals surface area contributed by atoms with E-state index in [9.17, 15) is 4.39 Å². The molecular weight excluding hydrogens is 205 g/mol. The molecule has 1 N–H and O–H groups in total. The van der Waals surface area contributed by atoms with Gasteiger partial charge in [0.2, 0.25) is 0 Å². The van der Waals surface area contributed by atoms with Crippen LogP contribution in [0.4, 0.5) is 4.39 Å². The zero-order chi connectivity index (χ0) is 11.4. The Kier molecular flexibility index (Phi) is 3.31. The molecule has 0 spiro atoms. The third-order valence-corrected chi connectivity index (χ3v) is 2.31. The van der Waals surface area contributed by atoms with Crippen LogP contribution in [-0.4, -0.2) is 16.8 Å². The molecule has 0 fully saturated rings. The molecule has 0 unspecified atom stereocenters. The van der Waals surface area contributed by atoms with Gasteiger partial charge in [-0.15, -0.1) is 0 Å². The van der Waals surface area contributed by atoms with Crippen molar-refractivity contribution in [2.75, 3.05) is 7.05 Å². The maximum absolute atomic E-state index is 12.7. The number of hydrogen-bond acceptors (Lipinski definition) is 2. The van der Waals surface area contributed by atoms with Crippen LogP contribution in [0.25, 0.3) is 0 Å². The molecule has 4 heteroatoms. The van der Waals surface area contributed by atoms with Crippen LogP contribution in [0, 0.1) is 5.82 Å². The third kappa shape index (κ3) is 2.67. The monoisotopic (exact) mass is 219 g/mol. The molecular formula is C12H14FN3. The second-order valence-corrected chi connectivity index (χ2v) is 3.66. The largest absolute Gasteiger partial charge is 0.314 e. The predicted octanol–water partition coefficient (Wildman–Crippen LogP) is 1.79. The Balaban J connectivity index is 2.05. The van der Waals surface area contributed by atoms with Crippen molar-refractivity contribution < 1.29 is 4.39 Å². The quantitative estimate of drug-likeness (QED) is 0.849. The predicted molar refractivity (Wildman–Crippen MR) is 60.5 cm³/mol. The average molecular weight is 219 g/mol. The fraction of sp³-hybridized carbons (Fsp3) is 0.250. The van der Waals surface area contributed by atoms with Crippen LogP contribution in [0.15, 0.2) is 36.5 Å². The van der Waals surface area contributed by atoms with E-state index in [-0.39, 0.29) is 5.82 Å². The van der Waals surface area contributed by atoms with Gasteiger partial charge in [0.1, 0.15) is 5.82 Å². The van der Waals surface area contributed by atoms with Gasteiger partial charge in [-0.25, -0.2) is 4.39 Å². The van der Waals surface area contributed by atoms with Crippen LogP contribution in [0.5, 0.6) is 0 Å². The molecule has 0 atom stereocenters.